The fourth-order valence-corrected chi connectivity index (χ4v) is 2.28. The smallest absolute Gasteiger partial charge is 0.232 e. The highest BCUT2D eigenvalue weighted by atomic mass is 16.2. The highest BCUT2D eigenvalue weighted by Gasteiger charge is 2.18. The number of hydrogen-bond donors (Lipinski definition) is 1. The summed E-state index contributed by atoms with van der Waals surface area (Å²) in [5, 5.41) is 2.80. The third-order valence-electron chi connectivity index (χ3n) is 3.42. The van der Waals surface area contributed by atoms with Crippen LogP contribution in [0.4, 0.5) is 11.4 Å². The molecular weight excluding hydrogens is 288 g/mol. The van der Waals surface area contributed by atoms with E-state index >= 15 is 0 Å². The maximum atomic E-state index is 12.7. The number of nitrogens with zero attached hydrogens (tertiary/aromatic N) is 1. The summed E-state index contributed by atoms with van der Waals surface area (Å²) in [5.41, 5.74) is 1.61. The zero-order valence-electron chi connectivity index (χ0n) is 13.4. The molecule has 2 aromatic rings. The minimum Gasteiger partial charge on any atom is -0.356 e. The normalized spacial score (nSPS) is 10.1. The second kappa shape index (κ2) is 8.73. The minimum absolute atomic E-state index is 0.0822. The molecule has 0 saturated carbocycles. The summed E-state index contributed by atoms with van der Waals surface area (Å²) >= 11 is 0. The lowest BCUT2D eigenvalue weighted by Crippen LogP contribution is -2.29. The van der Waals surface area contributed by atoms with Gasteiger partial charge in [0.2, 0.25) is 11.8 Å². The molecular formula is C19H22N2O2. The molecule has 2 amide bonds. The van der Waals surface area contributed by atoms with E-state index in [4.69, 9.17) is 0 Å². The molecule has 0 saturated heterocycles. The van der Waals surface area contributed by atoms with Crippen molar-refractivity contribution in [3.63, 3.8) is 0 Å². The van der Waals surface area contributed by atoms with Gasteiger partial charge in [-0.1, -0.05) is 43.3 Å². The molecule has 2 rings (SSSR count). The topological polar surface area (TPSA) is 49.4 Å². The Hall–Kier alpha value is -2.62. The van der Waals surface area contributed by atoms with Gasteiger partial charge < -0.3 is 5.32 Å². The monoisotopic (exact) mass is 310 g/mol. The summed E-state index contributed by atoms with van der Waals surface area (Å²) in [7, 11) is 0. The van der Waals surface area contributed by atoms with Gasteiger partial charge >= 0.3 is 0 Å². The summed E-state index contributed by atoms with van der Waals surface area (Å²) < 4.78 is 0. The predicted octanol–water partition coefficient (Wildman–Crippen LogP) is 3.66. The molecule has 120 valence electrons. The maximum absolute atomic E-state index is 12.7. The van der Waals surface area contributed by atoms with Crippen LogP contribution < -0.4 is 10.2 Å². The van der Waals surface area contributed by atoms with Crippen LogP contribution in [0.3, 0.4) is 0 Å². The first-order valence-corrected chi connectivity index (χ1v) is 7.92. The van der Waals surface area contributed by atoms with Crippen LogP contribution in [-0.4, -0.2) is 18.4 Å². The Morgan fingerprint density at radius 2 is 1.39 bits per heavy atom. The summed E-state index contributed by atoms with van der Waals surface area (Å²) in [6.45, 7) is 2.64. The number of rotatable bonds is 7. The molecule has 4 heteroatoms. The largest absolute Gasteiger partial charge is 0.356 e. The lowest BCUT2D eigenvalue weighted by Gasteiger charge is -2.23. The van der Waals surface area contributed by atoms with E-state index in [1.54, 1.807) is 4.90 Å². The van der Waals surface area contributed by atoms with Crippen LogP contribution in [0.5, 0.6) is 0 Å². The van der Waals surface area contributed by atoms with Crippen molar-refractivity contribution in [2.75, 3.05) is 11.4 Å². The minimum atomic E-state index is -0.0888. The van der Waals surface area contributed by atoms with Gasteiger partial charge in [0, 0.05) is 30.8 Å². The third kappa shape index (κ3) is 4.95. The molecule has 2 aromatic carbocycles. The Morgan fingerprint density at radius 1 is 0.870 bits per heavy atom. The van der Waals surface area contributed by atoms with E-state index in [1.807, 2.05) is 67.6 Å². The Labute approximate surface area is 137 Å². The predicted molar refractivity (Wildman–Crippen MR) is 92.6 cm³/mol. The number of hydrogen-bond acceptors (Lipinski definition) is 2. The molecule has 0 bridgehead atoms. The Bertz CT molecular complexity index is 587. The summed E-state index contributed by atoms with van der Waals surface area (Å²) in [6.07, 6.45) is 1.27. The zero-order valence-corrected chi connectivity index (χ0v) is 13.4. The van der Waals surface area contributed by atoms with Crippen molar-refractivity contribution >= 4 is 23.2 Å². The molecule has 23 heavy (non-hydrogen) atoms. The van der Waals surface area contributed by atoms with Crippen LogP contribution in [0.1, 0.15) is 26.2 Å². The van der Waals surface area contributed by atoms with E-state index in [1.165, 1.54) is 0 Å². The van der Waals surface area contributed by atoms with Crippen molar-refractivity contribution < 1.29 is 9.59 Å². The van der Waals surface area contributed by atoms with Crippen molar-refractivity contribution in [2.45, 2.75) is 26.2 Å². The number of anilines is 2. The van der Waals surface area contributed by atoms with Gasteiger partial charge in [-0.2, -0.15) is 0 Å². The Morgan fingerprint density at radius 3 is 1.87 bits per heavy atom. The highest BCUT2D eigenvalue weighted by molar-refractivity contribution is 6.01. The average molecular weight is 310 g/mol. The van der Waals surface area contributed by atoms with Crippen molar-refractivity contribution in [3.05, 3.63) is 60.7 Å². The van der Waals surface area contributed by atoms with E-state index < -0.39 is 0 Å². The molecule has 0 heterocycles. The highest BCUT2D eigenvalue weighted by Crippen LogP contribution is 2.26. The van der Waals surface area contributed by atoms with Crippen molar-refractivity contribution in [1.82, 2.24) is 5.32 Å². The standard InChI is InChI=1S/C19H22N2O2/c1-2-15-20-18(22)13-14-19(23)21(16-9-5-3-6-10-16)17-11-7-4-8-12-17/h3-12H,2,13-15H2,1H3,(H,20,22). The molecule has 1 N–H and O–H groups in total. The molecule has 0 aliphatic carbocycles. The fraction of sp³-hybridized carbons (Fsp3) is 0.263. The first-order valence-electron chi connectivity index (χ1n) is 7.92. The second-order valence-electron chi connectivity index (χ2n) is 5.25. The van der Waals surface area contributed by atoms with Crippen molar-refractivity contribution in [3.8, 4) is 0 Å². The summed E-state index contributed by atoms with van der Waals surface area (Å²) in [6, 6.07) is 19.0. The van der Waals surface area contributed by atoms with Crippen LogP contribution in [0.25, 0.3) is 0 Å². The molecule has 0 atom stereocenters. The van der Waals surface area contributed by atoms with Gasteiger partial charge in [-0.25, -0.2) is 0 Å². The van der Waals surface area contributed by atoms with Crippen LogP contribution >= 0.6 is 0 Å². The molecule has 4 nitrogen and oxygen atoms in total. The SMILES string of the molecule is CCCNC(=O)CCC(=O)N(c1ccccc1)c1ccccc1. The Balaban J connectivity index is 2.12. The molecule has 0 aromatic heterocycles. The average Bonchev–Trinajstić information content (AvgIpc) is 2.60. The lowest BCUT2D eigenvalue weighted by molar-refractivity contribution is -0.124. The molecule has 0 aliphatic rings. The first-order chi connectivity index (χ1) is 11.2. The van der Waals surface area contributed by atoms with Gasteiger partial charge in [0.05, 0.1) is 0 Å². The number of carbonyl (C=O) groups is 2. The van der Waals surface area contributed by atoms with E-state index in [2.05, 4.69) is 5.32 Å². The number of amides is 2. The zero-order chi connectivity index (χ0) is 16.5. The fourth-order valence-electron chi connectivity index (χ4n) is 2.28. The van der Waals surface area contributed by atoms with E-state index in [0.717, 1.165) is 17.8 Å². The van der Waals surface area contributed by atoms with Gasteiger partial charge in [-0.3, -0.25) is 14.5 Å². The van der Waals surface area contributed by atoms with Gasteiger partial charge in [-0.05, 0) is 30.7 Å². The number of carbonyl (C=O) groups excluding carboxylic acids is 2. The molecule has 0 aliphatic heterocycles. The second-order valence-corrected chi connectivity index (χ2v) is 5.25. The van der Waals surface area contributed by atoms with E-state index in [0.29, 0.717) is 6.54 Å². The molecule has 0 fully saturated rings. The third-order valence-corrected chi connectivity index (χ3v) is 3.42. The molecule has 0 radical (unpaired) electrons. The number of nitrogens with one attached hydrogen (secondary N) is 1. The van der Waals surface area contributed by atoms with Crippen LogP contribution in [0.15, 0.2) is 60.7 Å². The van der Waals surface area contributed by atoms with Crippen LogP contribution in [0, 0.1) is 0 Å². The van der Waals surface area contributed by atoms with Crippen LogP contribution in [-0.2, 0) is 9.59 Å². The van der Waals surface area contributed by atoms with E-state index in [-0.39, 0.29) is 24.7 Å². The number of benzene rings is 2. The molecule has 0 spiro atoms. The lowest BCUT2D eigenvalue weighted by atomic mass is 10.2. The van der Waals surface area contributed by atoms with Crippen molar-refractivity contribution in [2.24, 2.45) is 0 Å². The summed E-state index contributed by atoms with van der Waals surface area (Å²) in [4.78, 5) is 26.0. The van der Waals surface area contributed by atoms with Crippen molar-refractivity contribution in [1.29, 1.82) is 0 Å². The first kappa shape index (κ1) is 16.7. The van der Waals surface area contributed by atoms with Gasteiger partial charge in [0.15, 0.2) is 0 Å². The Kier molecular flexibility index (Phi) is 6.36. The van der Waals surface area contributed by atoms with Gasteiger partial charge in [-0.15, -0.1) is 0 Å². The van der Waals surface area contributed by atoms with Crippen LogP contribution in [0.2, 0.25) is 0 Å². The van der Waals surface area contributed by atoms with Gasteiger partial charge in [0.25, 0.3) is 0 Å². The van der Waals surface area contributed by atoms with Gasteiger partial charge in [0.1, 0.15) is 0 Å². The molecule has 0 unspecified atom stereocenters. The quantitative estimate of drug-likeness (QED) is 0.848. The van der Waals surface area contributed by atoms with E-state index in [9.17, 15) is 9.59 Å². The maximum Gasteiger partial charge on any atom is 0.232 e. The number of para-hydroxylation sites is 2. The summed E-state index contributed by atoms with van der Waals surface area (Å²) in [5.74, 6) is -0.171.